The number of H-pyrrole nitrogens is 1. The molecule has 182 valence electrons. The Balaban J connectivity index is 1.41. The lowest BCUT2D eigenvalue weighted by atomic mass is 10.1. The molecule has 2 heterocycles. The standard InChI is InChI=1S/C25H29FN2O6/c1-30-8-9-31-10-11-32-17-25(29)28(14-18-13-27-22-7-6-19(26)12-21(18)22)15-20-16-33-23-4-2-3-5-24(23)34-20/h2-7,12-13,20,27H,8-11,14-17H2,1H3. The lowest BCUT2D eigenvalue weighted by Crippen LogP contribution is -2.44. The Labute approximate surface area is 197 Å². The van der Waals surface area contributed by atoms with Crippen molar-refractivity contribution < 1.29 is 32.9 Å². The van der Waals surface area contributed by atoms with Crippen LogP contribution in [0, 0.1) is 5.82 Å². The van der Waals surface area contributed by atoms with Crippen LogP contribution in [0.25, 0.3) is 10.9 Å². The van der Waals surface area contributed by atoms with Crippen LogP contribution in [0.15, 0.2) is 48.7 Å². The first-order valence-electron chi connectivity index (χ1n) is 11.2. The highest BCUT2D eigenvalue weighted by atomic mass is 19.1. The molecule has 3 aromatic rings. The van der Waals surface area contributed by atoms with E-state index in [2.05, 4.69) is 4.98 Å². The molecular weight excluding hydrogens is 443 g/mol. The van der Waals surface area contributed by atoms with Gasteiger partial charge in [-0.15, -0.1) is 0 Å². The molecule has 0 aliphatic carbocycles. The summed E-state index contributed by atoms with van der Waals surface area (Å²) in [6, 6.07) is 12.0. The van der Waals surface area contributed by atoms with Crippen LogP contribution < -0.4 is 9.47 Å². The molecule has 1 aliphatic heterocycles. The van der Waals surface area contributed by atoms with Crippen molar-refractivity contribution in [1.29, 1.82) is 0 Å². The molecule has 1 unspecified atom stereocenters. The third-order valence-electron chi connectivity index (χ3n) is 5.46. The second-order valence-corrected chi connectivity index (χ2v) is 7.93. The number of amides is 1. The van der Waals surface area contributed by atoms with E-state index in [-0.39, 0.29) is 37.6 Å². The highest BCUT2D eigenvalue weighted by Gasteiger charge is 2.26. The molecule has 0 radical (unpaired) electrons. The second-order valence-electron chi connectivity index (χ2n) is 7.93. The van der Waals surface area contributed by atoms with E-state index in [4.69, 9.17) is 23.7 Å². The van der Waals surface area contributed by atoms with Crippen LogP contribution in [-0.2, 0) is 25.5 Å². The van der Waals surface area contributed by atoms with Crippen LogP contribution >= 0.6 is 0 Å². The van der Waals surface area contributed by atoms with Crippen molar-refractivity contribution in [3.8, 4) is 11.5 Å². The van der Waals surface area contributed by atoms with E-state index < -0.39 is 0 Å². The Morgan fingerprint density at radius 3 is 2.76 bits per heavy atom. The van der Waals surface area contributed by atoms with Crippen LogP contribution in [0.2, 0.25) is 0 Å². The predicted molar refractivity (Wildman–Crippen MR) is 124 cm³/mol. The SMILES string of the molecule is COCCOCCOCC(=O)N(Cc1c[nH]c2ccc(F)cc12)CC1COc2ccccc2O1. The Bertz CT molecular complexity index is 1090. The summed E-state index contributed by atoms with van der Waals surface area (Å²) in [5.74, 6) is 0.791. The number of fused-ring (bicyclic) bond motifs is 2. The second kappa shape index (κ2) is 11.8. The number of para-hydroxylation sites is 2. The molecule has 8 nitrogen and oxygen atoms in total. The van der Waals surface area contributed by atoms with E-state index in [1.54, 1.807) is 24.3 Å². The van der Waals surface area contributed by atoms with Gasteiger partial charge in [0.2, 0.25) is 5.91 Å². The zero-order chi connectivity index (χ0) is 23.8. The lowest BCUT2D eigenvalue weighted by Gasteiger charge is -2.31. The summed E-state index contributed by atoms with van der Waals surface area (Å²) in [6.45, 7) is 2.42. The molecule has 1 atom stereocenters. The maximum atomic E-state index is 13.8. The number of benzene rings is 2. The summed E-state index contributed by atoms with van der Waals surface area (Å²) in [7, 11) is 1.61. The largest absolute Gasteiger partial charge is 0.486 e. The first-order chi connectivity index (χ1) is 16.6. The number of carbonyl (C=O) groups is 1. The number of aromatic nitrogens is 1. The topological polar surface area (TPSA) is 82.3 Å². The number of aromatic amines is 1. The molecule has 0 saturated carbocycles. The molecule has 4 rings (SSSR count). The molecule has 34 heavy (non-hydrogen) atoms. The van der Waals surface area contributed by atoms with Gasteiger partial charge < -0.3 is 33.6 Å². The number of carbonyl (C=O) groups excluding carboxylic acids is 1. The monoisotopic (exact) mass is 472 g/mol. The van der Waals surface area contributed by atoms with Gasteiger partial charge in [-0.3, -0.25) is 4.79 Å². The number of methoxy groups -OCH3 is 1. The van der Waals surface area contributed by atoms with Crippen molar-refractivity contribution in [3.05, 3.63) is 60.0 Å². The summed E-state index contributed by atoms with van der Waals surface area (Å²) in [5.41, 5.74) is 1.61. The van der Waals surface area contributed by atoms with E-state index in [0.717, 1.165) is 16.5 Å². The Kier molecular flexibility index (Phi) is 8.35. The summed E-state index contributed by atoms with van der Waals surface area (Å²) in [4.78, 5) is 17.9. The molecule has 0 spiro atoms. The van der Waals surface area contributed by atoms with Gasteiger partial charge in [0.05, 0.1) is 33.0 Å². The first kappa shape index (κ1) is 24.0. The minimum Gasteiger partial charge on any atom is -0.486 e. The third kappa shape index (κ3) is 6.25. The van der Waals surface area contributed by atoms with E-state index in [1.165, 1.54) is 12.1 Å². The minimum absolute atomic E-state index is 0.103. The normalized spacial score (nSPS) is 14.9. The van der Waals surface area contributed by atoms with Gasteiger partial charge >= 0.3 is 0 Å². The minimum atomic E-state index is -0.349. The molecule has 1 aromatic heterocycles. The van der Waals surface area contributed by atoms with E-state index >= 15 is 0 Å². The van der Waals surface area contributed by atoms with Crippen molar-refractivity contribution in [2.75, 3.05) is 53.3 Å². The molecule has 1 amide bonds. The van der Waals surface area contributed by atoms with Crippen molar-refractivity contribution >= 4 is 16.8 Å². The van der Waals surface area contributed by atoms with E-state index in [1.807, 2.05) is 24.3 Å². The maximum absolute atomic E-state index is 13.8. The van der Waals surface area contributed by atoms with Crippen molar-refractivity contribution in [2.24, 2.45) is 0 Å². The number of nitrogens with one attached hydrogen (secondary N) is 1. The van der Waals surface area contributed by atoms with Gasteiger partial charge in [-0.05, 0) is 35.9 Å². The van der Waals surface area contributed by atoms with Crippen LogP contribution in [0.1, 0.15) is 5.56 Å². The smallest absolute Gasteiger partial charge is 0.249 e. The zero-order valence-corrected chi connectivity index (χ0v) is 19.1. The van der Waals surface area contributed by atoms with Gasteiger partial charge in [-0.25, -0.2) is 4.39 Å². The number of hydrogen-bond donors (Lipinski definition) is 1. The van der Waals surface area contributed by atoms with Gasteiger partial charge in [-0.2, -0.15) is 0 Å². The summed E-state index contributed by atoms with van der Waals surface area (Å²) < 4.78 is 41.5. The summed E-state index contributed by atoms with van der Waals surface area (Å²) in [5, 5.41) is 0.733. The average molecular weight is 473 g/mol. The van der Waals surface area contributed by atoms with Crippen LogP contribution in [0.5, 0.6) is 11.5 Å². The molecule has 1 aliphatic rings. The number of hydrogen-bond acceptors (Lipinski definition) is 6. The maximum Gasteiger partial charge on any atom is 0.249 e. The quantitative estimate of drug-likeness (QED) is 0.408. The van der Waals surface area contributed by atoms with Crippen molar-refractivity contribution in [1.82, 2.24) is 9.88 Å². The highest BCUT2D eigenvalue weighted by Crippen LogP contribution is 2.31. The number of ether oxygens (including phenoxy) is 5. The predicted octanol–water partition coefficient (Wildman–Crippen LogP) is 3.16. The first-order valence-corrected chi connectivity index (χ1v) is 11.2. The number of rotatable bonds is 12. The van der Waals surface area contributed by atoms with Gasteiger partial charge in [0.25, 0.3) is 0 Å². The fraction of sp³-hybridized carbons (Fsp3) is 0.400. The summed E-state index contributed by atoms with van der Waals surface area (Å²) in [6.07, 6.45) is 1.45. The van der Waals surface area contributed by atoms with Gasteiger partial charge in [-0.1, -0.05) is 12.1 Å². The molecule has 1 N–H and O–H groups in total. The van der Waals surface area contributed by atoms with Crippen LogP contribution in [0.4, 0.5) is 4.39 Å². The Hall–Kier alpha value is -3.14. The molecule has 0 saturated heterocycles. The third-order valence-corrected chi connectivity index (χ3v) is 5.46. The van der Waals surface area contributed by atoms with Crippen molar-refractivity contribution in [2.45, 2.75) is 12.6 Å². The molecule has 9 heteroatoms. The molecular formula is C25H29FN2O6. The number of halogens is 1. The zero-order valence-electron chi connectivity index (χ0n) is 19.1. The fourth-order valence-electron chi connectivity index (χ4n) is 3.75. The van der Waals surface area contributed by atoms with Crippen LogP contribution in [0.3, 0.4) is 0 Å². The highest BCUT2D eigenvalue weighted by molar-refractivity contribution is 5.84. The lowest BCUT2D eigenvalue weighted by molar-refractivity contribution is -0.139. The molecule has 0 fully saturated rings. The Morgan fingerprint density at radius 2 is 1.91 bits per heavy atom. The van der Waals surface area contributed by atoms with E-state index in [0.29, 0.717) is 44.5 Å². The van der Waals surface area contributed by atoms with Gasteiger partial charge in [0, 0.05) is 30.8 Å². The van der Waals surface area contributed by atoms with Gasteiger partial charge in [0.15, 0.2) is 17.6 Å². The van der Waals surface area contributed by atoms with Crippen LogP contribution in [-0.4, -0.2) is 75.2 Å². The number of nitrogens with zero attached hydrogens (tertiary/aromatic N) is 1. The fourth-order valence-corrected chi connectivity index (χ4v) is 3.75. The van der Waals surface area contributed by atoms with E-state index in [9.17, 15) is 9.18 Å². The molecule has 2 aromatic carbocycles. The van der Waals surface area contributed by atoms with Crippen molar-refractivity contribution in [3.63, 3.8) is 0 Å². The summed E-state index contributed by atoms with van der Waals surface area (Å²) >= 11 is 0. The molecule has 0 bridgehead atoms. The average Bonchev–Trinajstić information content (AvgIpc) is 3.24. The van der Waals surface area contributed by atoms with Gasteiger partial charge in [0.1, 0.15) is 19.0 Å². The Morgan fingerprint density at radius 1 is 1.12 bits per heavy atom.